The van der Waals surface area contributed by atoms with Gasteiger partial charge in [-0.3, -0.25) is 0 Å². The Morgan fingerprint density at radius 3 is 2.68 bits per heavy atom. The van der Waals surface area contributed by atoms with Crippen LogP contribution in [0.15, 0.2) is 36.4 Å². The van der Waals surface area contributed by atoms with Crippen molar-refractivity contribution in [1.29, 1.82) is 5.26 Å². The molecule has 22 heavy (non-hydrogen) atoms. The number of anilines is 1. The Morgan fingerprint density at radius 2 is 2.09 bits per heavy atom. The Labute approximate surface area is 128 Å². The van der Waals surface area contributed by atoms with Gasteiger partial charge in [0.1, 0.15) is 11.6 Å². The summed E-state index contributed by atoms with van der Waals surface area (Å²) in [5.41, 5.74) is 2.17. The minimum atomic E-state index is -0.421. The van der Waals surface area contributed by atoms with Crippen LogP contribution in [0.25, 0.3) is 0 Å². The van der Waals surface area contributed by atoms with Crippen molar-refractivity contribution in [2.75, 3.05) is 12.4 Å². The zero-order valence-corrected chi connectivity index (χ0v) is 12.4. The quantitative estimate of drug-likeness (QED) is 0.888. The van der Waals surface area contributed by atoms with E-state index in [0.29, 0.717) is 22.4 Å². The molecule has 0 radical (unpaired) electrons. The van der Waals surface area contributed by atoms with E-state index in [0.717, 1.165) is 5.69 Å². The lowest BCUT2D eigenvalue weighted by Crippen LogP contribution is -2.09. The van der Waals surface area contributed by atoms with E-state index < -0.39 is 5.82 Å². The molecule has 2 aromatic rings. The van der Waals surface area contributed by atoms with E-state index in [1.54, 1.807) is 30.3 Å². The minimum Gasteiger partial charge on any atom is -0.496 e. The molecule has 0 aromatic heterocycles. The van der Waals surface area contributed by atoms with Gasteiger partial charge < -0.3 is 15.2 Å². The normalized spacial score (nSPS) is 11.6. The highest BCUT2D eigenvalue weighted by Crippen LogP contribution is 2.26. The topological polar surface area (TPSA) is 65.3 Å². The number of nitrogens with zero attached hydrogens (tertiary/aromatic N) is 1. The highest BCUT2D eigenvalue weighted by Gasteiger charge is 2.12. The van der Waals surface area contributed by atoms with Crippen LogP contribution in [-0.4, -0.2) is 12.2 Å². The second-order valence-electron chi connectivity index (χ2n) is 4.90. The summed E-state index contributed by atoms with van der Waals surface area (Å²) in [6, 6.07) is 11.3. The number of hydrogen-bond donors (Lipinski definition) is 2. The van der Waals surface area contributed by atoms with Crippen LogP contribution in [0.4, 0.5) is 10.1 Å². The molecule has 0 bridgehead atoms. The molecule has 5 heteroatoms. The Bertz CT molecular complexity index is 710. The van der Waals surface area contributed by atoms with Crippen molar-refractivity contribution in [2.45, 2.75) is 19.6 Å². The number of aliphatic hydroxyl groups excluding tert-OH is 1. The average molecular weight is 300 g/mol. The van der Waals surface area contributed by atoms with Crippen LogP contribution < -0.4 is 10.1 Å². The highest BCUT2D eigenvalue weighted by molar-refractivity contribution is 5.52. The van der Waals surface area contributed by atoms with Gasteiger partial charge in [0.05, 0.1) is 31.4 Å². The molecule has 1 unspecified atom stereocenters. The minimum absolute atomic E-state index is 0.141. The monoisotopic (exact) mass is 300 g/mol. The van der Waals surface area contributed by atoms with Gasteiger partial charge in [0.15, 0.2) is 0 Å². The number of hydrogen-bond acceptors (Lipinski definition) is 4. The molecular formula is C17H17FN2O2. The van der Waals surface area contributed by atoms with Crippen LogP contribution in [0.1, 0.15) is 29.7 Å². The number of methoxy groups -OCH3 is 1. The SMILES string of the molecule is COc1ccc(NC(C)c2ccc(C#N)cc2F)cc1CO. The summed E-state index contributed by atoms with van der Waals surface area (Å²) in [5, 5.41) is 21.3. The maximum absolute atomic E-state index is 14.0. The van der Waals surface area contributed by atoms with E-state index in [4.69, 9.17) is 10.00 Å². The molecule has 0 heterocycles. The summed E-state index contributed by atoms with van der Waals surface area (Å²) >= 11 is 0. The van der Waals surface area contributed by atoms with Crippen LogP contribution in [0.2, 0.25) is 0 Å². The van der Waals surface area contributed by atoms with E-state index in [9.17, 15) is 9.50 Å². The number of halogens is 1. The van der Waals surface area contributed by atoms with Crippen LogP contribution in [0, 0.1) is 17.1 Å². The zero-order chi connectivity index (χ0) is 16.1. The van der Waals surface area contributed by atoms with Crippen molar-refractivity contribution in [3.63, 3.8) is 0 Å². The van der Waals surface area contributed by atoms with E-state index >= 15 is 0 Å². The largest absolute Gasteiger partial charge is 0.496 e. The van der Waals surface area contributed by atoms with Gasteiger partial charge >= 0.3 is 0 Å². The van der Waals surface area contributed by atoms with E-state index in [1.165, 1.54) is 13.2 Å². The Morgan fingerprint density at radius 1 is 1.32 bits per heavy atom. The fourth-order valence-electron chi connectivity index (χ4n) is 2.27. The molecule has 0 spiro atoms. The van der Waals surface area contributed by atoms with Crippen LogP contribution in [0.5, 0.6) is 5.75 Å². The summed E-state index contributed by atoms with van der Waals surface area (Å²) in [6.07, 6.45) is 0. The number of ether oxygens (including phenoxy) is 1. The molecule has 0 aliphatic rings. The molecule has 4 nitrogen and oxygen atoms in total. The molecule has 0 amide bonds. The molecule has 0 aliphatic carbocycles. The molecule has 114 valence electrons. The van der Waals surface area contributed by atoms with Gasteiger partial charge in [-0.15, -0.1) is 0 Å². The predicted molar refractivity (Wildman–Crippen MR) is 82.1 cm³/mol. The second kappa shape index (κ2) is 6.92. The summed E-state index contributed by atoms with van der Waals surface area (Å²) in [4.78, 5) is 0. The molecule has 0 saturated heterocycles. The third kappa shape index (κ3) is 3.35. The molecule has 0 saturated carbocycles. The number of benzene rings is 2. The van der Waals surface area contributed by atoms with Gasteiger partial charge in [-0.1, -0.05) is 6.07 Å². The molecule has 2 N–H and O–H groups in total. The predicted octanol–water partition coefficient (Wildman–Crippen LogP) is 3.37. The van der Waals surface area contributed by atoms with Crippen LogP contribution >= 0.6 is 0 Å². The number of nitrogens with one attached hydrogen (secondary N) is 1. The Balaban J connectivity index is 2.22. The van der Waals surface area contributed by atoms with Crippen molar-refractivity contribution in [1.82, 2.24) is 0 Å². The highest BCUT2D eigenvalue weighted by atomic mass is 19.1. The van der Waals surface area contributed by atoms with Crippen molar-refractivity contribution < 1.29 is 14.2 Å². The molecule has 0 aliphatic heterocycles. The standard InChI is InChI=1S/C17H17FN2O2/c1-11(15-5-3-12(9-19)7-16(15)18)20-14-4-6-17(22-2)13(8-14)10-21/h3-8,11,20-21H,10H2,1-2H3. The first-order valence-corrected chi connectivity index (χ1v) is 6.83. The van der Waals surface area contributed by atoms with Crippen molar-refractivity contribution in [3.05, 3.63) is 58.9 Å². The first-order chi connectivity index (χ1) is 10.6. The maximum atomic E-state index is 14.0. The fourth-order valence-corrected chi connectivity index (χ4v) is 2.27. The summed E-state index contributed by atoms with van der Waals surface area (Å²) in [6.45, 7) is 1.69. The van der Waals surface area contributed by atoms with Gasteiger partial charge in [0, 0.05) is 16.8 Å². The maximum Gasteiger partial charge on any atom is 0.129 e. The smallest absolute Gasteiger partial charge is 0.129 e. The number of rotatable bonds is 5. The Kier molecular flexibility index (Phi) is 4.97. The Hall–Kier alpha value is -2.58. The van der Waals surface area contributed by atoms with Crippen LogP contribution in [-0.2, 0) is 6.61 Å². The fraction of sp³-hybridized carbons (Fsp3) is 0.235. The van der Waals surface area contributed by atoms with E-state index in [-0.39, 0.29) is 12.6 Å². The van der Waals surface area contributed by atoms with Crippen LogP contribution in [0.3, 0.4) is 0 Å². The summed E-state index contributed by atoms with van der Waals surface area (Å²) < 4.78 is 19.2. The lowest BCUT2D eigenvalue weighted by Gasteiger charge is -2.18. The van der Waals surface area contributed by atoms with Crippen molar-refractivity contribution >= 4 is 5.69 Å². The van der Waals surface area contributed by atoms with Gasteiger partial charge in [-0.25, -0.2) is 4.39 Å². The van der Waals surface area contributed by atoms with Gasteiger partial charge in [-0.2, -0.15) is 5.26 Å². The van der Waals surface area contributed by atoms with E-state index in [1.807, 2.05) is 13.0 Å². The van der Waals surface area contributed by atoms with Crippen molar-refractivity contribution in [3.8, 4) is 11.8 Å². The average Bonchev–Trinajstić information content (AvgIpc) is 2.54. The first kappa shape index (κ1) is 15.8. The third-order valence-corrected chi connectivity index (χ3v) is 3.43. The summed E-state index contributed by atoms with van der Waals surface area (Å²) in [5.74, 6) is 0.181. The first-order valence-electron chi connectivity index (χ1n) is 6.83. The second-order valence-corrected chi connectivity index (χ2v) is 4.90. The number of nitriles is 1. The molecule has 1 atom stereocenters. The van der Waals surface area contributed by atoms with E-state index in [2.05, 4.69) is 5.32 Å². The zero-order valence-electron chi connectivity index (χ0n) is 12.4. The lowest BCUT2D eigenvalue weighted by molar-refractivity contribution is 0.274. The van der Waals surface area contributed by atoms with Crippen molar-refractivity contribution in [2.24, 2.45) is 0 Å². The summed E-state index contributed by atoms with van der Waals surface area (Å²) in [7, 11) is 1.54. The number of aliphatic hydroxyl groups is 1. The van der Waals surface area contributed by atoms with Gasteiger partial charge in [0.25, 0.3) is 0 Å². The molecule has 2 aromatic carbocycles. The van der Waals surface area contributed by atoms with Gasteiger partial charge in [0.2, 0.25) is 0 Å². The molecule has 0 fully saturated rings. The molecular weight excluding hydrogens is 283 g/mol. The lowest BCUT2D eigenvalue weighted by atomic mass is 10.0. The molecule has 2 rings (SSSR count). The third-order valence-electron chi connectivity index (χ3n) is 3.43. The van der Waals surface area contributed by atoms with Gasteiger partial charge in [-0.05, 0) is 37.3 Å².